The molecule has 1 aromatic carbocycles. The maximum absolute atomic E-state index is 12.7. The Bertz CT molecular complexity index is 624. The number of quaternary nitrogens is 1. The summed E-state index contributed by atoms with van der Waals surface area (Å²) in [4.78, 5) is 1.94. The molecule has 1 N–H and O–H groups in total. The van der Waals surface area contributed by atoms with Crippen LogP contribution in [0.4, 0.5) is 0 Å². The molecule has 0 bridgehead atoms. The molecule has 1 aliphatic heterocycles. The summed E-state index contributed by atoms with van der Waals surface area (Å²) < 4.78 is 27.1. The number of sulfonamides is 1. The van der Waals surface area contributed by atoms with Crippen molar-refractivity contribution in [3.63, 3.8) is 0 Å². The fraction of sp³-hybridized carbons (Fsp3) is 0.647. The second-order valence-corrected chi connectivity index (χ2v) is 9.26. The molecule has 2 atom stereocenters. The largest absolute Gasteiger partial charge is 0.330 e. The Balaban J connectivity index is 1.65. The quantitative estimate of drug-likeness (QED) is 0.896. The SMILES string of the molecule is C[C@H]1CCCC[C@H]1[NH+]1CCN(S(=O)(=O)c2ccc(Cl)cc2)CC1. The monoisotopic (exact) mass is 357 g/mol. The summed E-state index contributed by atoms with van der Waals surface area (Å²) in [6.45, 7) is 5.42. The number of hydrogen-bond donors (Lipinski definition) is 1. The molecule has 1 saturated carbocycles. The van der Waals surface area contributed by atoms with E-state index < -0.39 is 10.0 Å². The minimum atomic E-state index is -3.39. The van der Waals surface area contributed by atoms with Crippen molar-refractivity contribution in [1.82, 2.24) is 4.31 Å². The molecular formula is C17H26ClN2O2S+. The second kappa shape index (κ2) is 7.09. The van der Waals surface area contributed by atoms with Crippen LogP contribution in [0.15, 0.2) is 29.2 Å². The number of nitrogens with one attached hydrogen (secondary N) is 1. The van der Waals surface area contributed by atoms with E-state index in [0.29, 0.717) is 29.0 Å². The molecule has 1 aliphatic carbocycles. The van der Waals surface area contributed by atoms with Gasteiger partial charge in [0.15, 0.2) is 0 Å². The molecule has 3 rings (SSSR count). The van der Waals surface area contributed by atoms with Crippen molar-refractivity contribution >= 4 is 21.6 Å². The average Bonchev–Trinajstić information content (AvgIpc) is 2.56. The van der Waals surface area contributed by atoms with Crippen molar-refractivity contribution in [3.8, 4) is 0 Å². The van der Waals surface area contributed by atoms with Crippen molar-refractivity contribution in [2.45, 2.75) is 43.5 Å². The maximum Gasteiger partial charge on any atom is 0.243 e. The van der Waals surface area contributed by atoms with Gasteiger partial charge in [0.2, 0.25) is 10.0 Å². The van der Waals surface area contributed by atoms with Gasteiger partial charge in [-0.2, -0.15) is 4.31 Å². The van der Waals surface area contributed by atoms with E-state index in [-0.39, 0.29) is 0 Å². The van der Waals surface area contributed by atoms with Crippen molar-refractivity contribution in [2.75, 3.05) is 26.2 Å². The summed E-state index contributed by atoms with van der Waals surface area (Å²) in [5.41, 5.74) is 0. The van der Waals surface area contributed by atoms with Gasteiger partial charge in [-0.15, -0.1) is 0 Å². The Morgan fingerprint density at radius 1 is 1.09 bits per heavy atom. The van der Waals surface area contributed by atoms with Crippen LogP contribution in [0.2, 0.25) is 5.02 Å². The number of halogens is 1. The van der Waals surface area contributed by atoms with Crippen LogP contribution in [-0.2, 0) is 10.0 Å². The fourth-order valence-corrected chi connectivity index (χ4v) is 5.63. The summed E-state index contributed by atoms with van der Waals surface area (Å²) in [6.07, 6.45) is 5.29. The first-order valence-electron chi connectivity index (χ1n) is 8.59. The highest BCUT2D eigenvalue weighted by atomic mass is 35.5. The smallest absolute Gasteiger partial charge is 0.243 e. The van der Waals surface area contributed by atoms with Gasteiger partial charge in [0.25, 0.3) is 0 Å². The second-order valence-electron chi connectivity index (χ2n) is 6.88. The lowest BCUT2D eigenvalue weighted by Gasteiger charge is -2.40. The van der Waals surface area contributed by atoms with Crippen molar-refractivity contribution in [1.29, 1.82) is 0 Å². The highest BCUT2D eigenvalue weighted by Gasteiger charge is 2.36. The van der Waals surface area contributed by atoms with E-state index in [1.54, 1.807) is 33.5 Å². The zero-order valence-corrected chi connectivity index (χ0v) is 15.2. The number of nitrogens with zero attached hydrogens (tertiary/aromatic N) is 1. The molecule has 0 radical (unpaired) electrons. The lowest BCUT2D eigenvalue weighted by Crippen LogP contribution is -3.19. The zero-order valence-electron chi connectivity index (χ0n) is 13.7. The van der Waals surface area contributed by atoms with E-state index in [4.69, 9.17) is 11.6 Å². The average molecular weight is 358 g/mol. The van der Waals surface area contributed by atoms with E-state index in [9.17, 15) is 8.42 Å². The molecule has 1 aromatic rings. The van der Waals surface area contributed by atoms with Gasteiger partial charge in [0, 0.05) is 10.9 Å². The minimum Gasteiger partial charge on any atom is -0.330 e. The van der Waals surface area contributed by atoms with Gasteiger partial charge in [0.05, 0.1) is 37.1 Å². The maximum atomic E-state index is 12.7. The van der Waals surface area contributed by atoms with E-state index in [1.807, 2.05) is 0 Å². The van der Waals surface area contributed by atoms with Gasteiger partial charge in [-0.1, -0.05) is 24.9 Å². The number of rotatable bonds is 3. The van der Waals surface area contributed by atoms with Gasteiger partial charge < -0.3 is 4.90 Å². The molecule has 6 heteroatoms. The Hall–Kier alpha value is -0.620. The van der Waals surface area contributed by atoms with E-state index >= 15 is 0 Å². The summed E-state index contributed by atoms with van der Waals surface area (Å²) in [5.74, 6) is 0.762. The topological polar surface area (TPSA) is 41.8 Å². The third-order valence-electron chi connectivity index (χ3n) is 5.45. The molecular weight excluding hydrogens is 332 g/mol. The van der Waals surface area contributed by atoms with Crippen LogP contribution in [0.25, 0.3) is 0 Å². The molecule has 2 aliphatic rings. The lowest BCUT2D eigenvalue weighted by molar-refractivity contribution is -0.933. The number of piperazine rings is 1. The van der Waals surface area contributed by atoms with E-state index in [0.717, 1.165) is 19.0 Å². The van der Waals surface area contributed by atoms with Crippen molar-refractivity contribution < 1.29 is 13.3 Å². The van der Waals surface area contributed by atoms with Crippen LogP contribution < -0.4 is 4.90 Å². The number of hydrogen-bond acceptors (Lipinski definition) is 2. The van der Waals surface area contributed by atoms with Crippen LogP contribution in [0, 0.1) is 5.92 Å². The Morgan fingerprint density at radius 2 is 1.70 bits per heavy atom. The van der Waals surface area contributed by atoms with E-state index in [2.05, 4.69) is 6.92 Å². The van der Waals surface area contributed by atoms with E-state index in [1.165, 1.54) is 25.7 Å². The van der Waals surface area contributed by atoms with Crippen LogP contribution in [0.1, 0.15) is 32.6 Å². The molecule has 4 nitrogen and oxygen atoms in total. The molecule has 128 valence electrons. The molecule has 0 spiro atoms. The minimum absolute atomic E-state index is 0.344. The van der Waals surface area contributed by atoms with Gasteiger partial charge in [-0.3, -0.25) is 0 Å². The van der Waals surface area contributed by atoms with Crippen LogP contribution in [0.5, 0.6) is 0 Å². The fourth-order valence-electron chi connectivity index (χ4n) is 4.06. The zero-order chi connectivity index (χ0) is 16.4. The van der Waals surface area contributed by atoms with Crippen LogP contribution in [-0.4, -0.2) is 44.9 Å². The standard InChI is InChI=1S/C17H25ClN2O2S/c1-14-4-2-3-5-17(14)19-10-12-20(13-11-19)23(21,22)16-8-6-15(18)7-9-16/h6-9,14,17H,2-5,10-13H2,1H3/p+1/t14-,17+/m0/s1. The third kappa shape index (κ3) is 3.73. The van der Waals surface area contributed by atoms with Gasteiger partial charge in [0.1, 0.15) is 0 Å². The number of benzene rings is 1. The predicted molar refractivity (Wildman–Crippen MR) is 92.3 cm³/mol. The van der Waals surface area contributed by atoms with Gasteiger partial charge >= 0.3 is 0 Å². The molecule has 23 heavy (non-hydrogen) atoms. The molecule has 0 amide bonds. The predicted octanol–water partition coefficient (Wildman–Crippen LogP) is 1.81. The van der Waals surface area contributed by atoms with Gasteiger partial charge in [-0.25, -0.2) is 8.42 Å². The van der Waals surface area contributed by atoms with Crippen molar-refractivity contribution in [3.05, 3.63) is 29.3 Å². The summed E-state index contributed by atoms with van der Waals surface area (Å²) in [5, 5.41) is 0.560. The highest BCUT2D eigenvalue weighted by molar-refractivity contribution is 7.89. The Labute approximate surface area is 144 Å². The molecule has 0 unspecified atom stereocenters. The molecule has 0 aromatic heterocycles. The molecule has 1 heterocycles. The van der Waals surface area contributed by atoms with Gasteiger partial charge in [-0.05, 0) is 43.5 Å². The van der Waals surface area contributed by atoms with Crippen molar-refractivity contribution in [2.24, 2.45) is 5.92 Å². The first kappa shape index (κ1) is 17.2. The first-order valence-corrected chi connectivity index (χ1v) is 10.4. The highest BCUT2D eigenvalue weighted by Crippen LogP contribution is 2.23. The summed E-state index contributed by atoms with van der Waals surface area (Å²) in [6, 6.07) is 7.18. The Morgan fingerprint density at radius 3 is 2.30 bits per heavy atom. The van der Waals surface area contributed by atoms with Crippen LogP contribution >= 0.6 is 11.6 Å². The molecule has 2 fully saturated rings. The van der Waals surface area contributed by atoms with Crippen LogP contribution in [0.3, 0.4) is 0 Å². The summed E-state index contributed by atoms with van der Waals surface area (Å²) in [7, 11) is -3.39. The third-order valence-corrected chi connectivity index (χ3v) is 7.62. The molecule has 1 saturated heterocycles. The summed E-state index contributed by atoms with van der Waals surface area (Å²) >= 11 is 5.85. The lowest BCUT2D eigenvalue weighted by atomic mass is 9.84. The normalized spacial score (nSPS) is 27.9. The Kier molecular flexibility index (Phi) is 5.31. The first-order chi connectivity index (χ1) is 11.0.